The van der Waals surface area contributed by atoms with Gasteiger partial charge in [0.25, 0.3) is 0 Å². The number of nitrogens with one attached hydrogen (secondary N) is 1. The van der Waals surface area contributed by atoms with Crippen LogP contribution in [0.2, 0.25) is 0 Å². The van der Waals surface area contributed by atoms with Crippen molar-refractivity contribution in [2.45, 2.75) is 26.8 Å². The number of aromatic amines is 1. The van der Waals surface area contributed by atoms with Crippen molar-refractivity contribution in [2.24, 2.45) is 0 Å². The molecule has 2 aromatic heterocycles. The number of esters is 1. The second-order valence-electron chi connectivity index (χ2n) is 6.85. The number of methoxy groups -OCH3 is 1. The predicted octanol–water partition coefficient (Wildman–Crippen LogP) is 3.97. The van der Waals surface area contributed by atoms with Gasteiger partial charge in [0.2, 0.25) is 5.78 Å². The Kier molecular flexibility index (Phi) is 5.65. The molecule has 1 aromatic carbocycles. The number of ether oxygens (including phenoxy) is 2. The molecule has 0 aliphatic carbocycles. The molecule has 0 radical (unpaired) electrons. The lowest BCUT2D eigenvalue weighted by molar-refractivity contribution is 0.0476. The van der Waals surface area contributed by atoms with Crippen molar-refractivity contribution in [3.8, 4) is 0 Å². The second-order valence-corrected chi connectivity index (χ2v) is 6.85. The minimum absolute atomic E-state index is 0.0789. The van der Waals surface area contributed by atoms with E-state index in [0.717, 1.165) is 11.4 Å². The second kappa shape index (κ2) is 7.98. The summed E-state index contributed by atoms with van der Waals surface area (Å²) in [7, 11) is 1.63. The zero-order chi connectivity index (χ0) is 20.4. The number of Topliss-reactive ketones (excluding diaryl/α,β-unsaturated/α-hetero) is 1. The van der Waals surface area contributed by atoms with E-state index in [0.29, 0.717) is 23.1 Å². The molecule has 0 unspecified atom stereocenters. The number of ketones is 1. The van der Waals surface area contributed by atoms with Crippen LogP contribution in [-0.2, 0) is 9.47 Å². The van der Waals surface area contributed by atoms with E-state index in [1.807, 2.05) is 25.3 Å². The molecular formula is C21H23FN2O4. The van der Waals surface area contributed by atoms with Crippen molar-refractivity contribution in [1.29, 1.82) is 0 Å². The number of rotatable bonds is 7. The number of hydrogen-bond donors (Lipinski definition) is 1. The molecule has 3 rings (SSSR count). The van der Waals surface area contributed by atoms with Crippen LogP contribution in [0.5, 0.6) is 0 Å². The van der Waals surface area contributed by atoms with Crippen LogP contribution in [0.15, 0.2) is 30.5 Å². The Hall–Kier alpha value is -2.93. The van der Waals surface area contributed by atoms with Crippen molar-refractivity contribution in [3.63, 3.8) is 0 Å². The van der Waals surface area contributed by atoms with Crippen molar-refractivity contribution >= 4 is 22.7 Å². The molecular weight excluding hydrogens is 363 g/mol. The fraction of sp³-hybridized carbons (Fsp3) is 0.333. The summed E-state index contributed by atoms with van der Waals surface area (Å²) in [5, 5.41) is 0.420. The zero-order valence-electron chi connectivity index (χ0n) is 16.3. The van der Waals surface area contributed by atoms with Gasteiger partial charge in [0.15, 0.2) is 6.61 Å². The number of nitrogens with zero attached hydrogens (tertiary/aromatic N) is 1. The topological polar surface area (TPSA) is 73.3 Å². The maximum absolute atomic E-state index is 13.5. The van der Waals surface area contributed by atoms with Gasteiger partial charge in [-0.1, -0.05) is 0 Å². The summed E-state index contributed by atoms with van der Waals surface area (Å²) in [5.41, 5.74) is 3.07. The lowest BCUT2D eigenvalue weighted by Crippen LogP contribution is -2.17. The monoisotopic (exact) mass is 386 g/mol. The molecule has 1 atom stereocenters. The Morgan fingerprint density at radius 1 is 1.21 bits per heavy atom. The highest BCUT2D eigenvalue weighted by Crippen LogP contribution is 2.22. The molecule has 0 amide bonds. The maximum atomic E-state index is 13.5. The number of carbonyl (C=O) groups excluding carboxylic acids is 2. The van der Waals surface area contributed by atoms with Crippen LogP contribution in [0.1, 0.15) is 45.1 Å². The number of aryl methyl sites for hydroxylation is 1. The Bertz CT molecular complexity index is 1030. The van der Waals surface area contributed by atoms with Crippen LogP contribution < -0.4 is 0 Å². The largest absolute Gasteiger partial charge is 0.454 e. The van der Waals surface area contributed by atoms with Crippen molar-refractivity contribution in [3.05, 3.63) is 58.8 Å². The van der Waals surface area contributed by atoms with Crippen LogP contribution in [0.3, 0.4) is 0 Å². The molecule has 0 aliphatic rings. The maximum Gasteiger partial charge on any atom is 0.340 e. The molecule has 0 bridgehead atoms. The number of carbonyl (C=O) groups is 2. The lowest BCUT2D eigenvalue weighted by Gasteiger charge is -2.17. The Morgan fingerprint density at radius 2 is 1.96 bits per heavy atom. The van der Waals surface area contributed by atoms with Gasteiger partial charge in [0, 0.05) is 41.2 Å². The van der Waals surface area contributed by atoms with Gasteiger partial charge in [0.1, 0.15) is 5.82 Å². The molecule has 1 N–H and O–H groups in total. The quantitative estimate of drug-likeness (QED) is 0.493. The summed E-state index contributed by atoms with van der Waals surface area (Å²) in [6.45, 7) is 5.92. The van der Waals surface area contributed by atoms with E-state index in [4.69, 9.17) is 9.47 Å². The molecule has 0 saturated heterocycles. The van der Waals surface area contributed by atoms with E-state index >= 15 is 0 Å². The van der Waals surface area contributed by atoms with Gasteiger partial charge >= 0.3 is 5.97 Å². The van der Waals surface area contributed by atoms with Crippen LogP contribution in [-0.4, -0.2) is 41.6 Å². The molecule has 0 fully saturated rings. The summed E-state index contributed by atoms with van der Waals surface area (Å²) in [5.74, 6) is -1.41. The zero-order valence-corrected chi connectivity index (χ0v) is 16.3. The van der Waals surface area contributed by atoms with Crippen molar-refractivity contribution < 1.29 is 23.5 Å². The highest BCUT2D eigenvalue weighted by atomic mass is 19.1. The van der Waals surface area contributed by atoms with Gasteiger partial charge < -0.3 is 19.0 Å². The fourth-order valence-electron chi connectivity index (χ4n) is 3.60. The minimum Gasteiger partial charge on any atom is -0.454 e. The van der Waals surface area contributed by atoms with Crippen LogP contribution in [0.4, 0.5) is 4.39 Å². The molecule has 0 saturated carbocycles. The Morgan fingerprint density at radius 3 is 2.68 bits per heavy atom. The van der Waals surface area contributed by atoms with Gasteiger partial charge in [-0.2, -0.15) is 0 Å². The molecule has 3 aromatic rings. The number of hydrogen-bond acceptors (Lipinski definition) is 4. The van der Waals surface area contributed by atoms with E-state index in [1.54, 1.807) is 19.2 Å². The van der Waals surface area contributed by atoms with Crippen LogP contribution in [0, 0.1) is 19.7 Å². The predicted molar refractivity (Wildman–Crippen MR) is 103 cm³/mol. The van der Waals surface area contributed by atoms with Gasteiger partial charge in [-0.25, -0.2) is 9.18 Å². The molecule has 2 heterocycles. The number of halogens is 1. The van der Waals surface area contributed by atoms with Crippen molar-refractivity contribution in [1.82, 2.24) is 9.55 Å². The summed E-state index contributed by atoms with van der Waals surface area (Å²) in [6, 6.07) is 5.98. The van der Waals surface area contributed by atoms with E-state index in [9.17, 15) is 14.0 Å². The SMILES string of the molecule is COC[C@@H](C)n1c(C)cc(C(=O)COC(=O)c2c[nH]c3ccc(F)cc23)c1C. The highest BCUT2D eigenvalue weighted by Gasteiger charge is 2.21. The highest BCUT2D eigenvalue weighted by molar-refractivity contribution is 6.05. The van der Waals surface area contributed by atoms with E-state index in [1.165, 1.54) is 18.3 Å². The molecule has 7 heteroatoms. The van der Waals surface area contributed by atoms with Crippen molar-refractivity contribution in [2.75, 3.05) is 20.3 Å². The van der Waals surface area contributed by atoms with Crippen LogP contribution in [0.25, 0.3) is 10.9 Å². The van der Waals surface area contributed by atoms with Gasteiger partial charge in [-0.05, 0) is 45.0 Å². The Balaban J connectivity index is 1.74. The molecule has 6 nitrogen and oxygen atoms in total. The van der Waals surface area contributed by atoms with E-state index < -0.39 is 11.8 Å². The summed E-state index contributed by atoms with van der Waals surface area (Å²) in [4.78, 5) is 27.9. The van der Waals surface area contributed by atoms with E-state index in [-0.39, 0.29) is 24.0 Å². The Labute approximate surface area is 162 Å². The first-order chi connectivity index (χ1) is 13.3. The smallest absolute Gasteiger partial charge is 0.340 e. The summed E-state index contributed by atoms with van der Waals surface area (Å²) in [6.07, 6.45) is 1.45. The fourth-order valence-corrected chi connectivity index (χ4v) is 3.60. The first kappa shape index (κ1) is 19.8. The molecule has 28 heavy (non-hydrogen) atoms. The average Bonchev–Trinajstić information content (AvgIpc) is 3.19. The summed E-state index contributed by atoms with van der Waals surface area (Å²) < 4.78 is 25.9. The van der Waals surface area contributed by atoms with Gasteiger partial charge in [0.05, 0.1) is 18.2 Å². The average molecular weight is 386 g/mol. The number of aromatic nitrogens is 2. The first-order valence-electron chi connectivity index (χ1n) is 8.97. The standard InChI is InChI=1S/C21H23FN2O4/c1-12-7-16(14(3)24(12)13(2)10-27-4)20(25)11-28-21(26)18-9-23-19-6-5-15(22)8-17(18)19/h5-9,13,23H,10-11H2,1-4H3/t13-/m1/s1. The van der Waals surface area contributed by atoms with Gasteiger partial charge in [-0.3, -0.25) is 4.79 Å². The summed E-state index contributed by atoms with van der Waals surface area (Å²) >= 11 is 0. The minimum atomic E-state index is -0.674. The van der Waals surface area contributed by atoms with Gasteiger partial charge in [-0.15, -0.1) is 0 Å². The molecule has 148 valence electrons. The third kappa shape index (κ3) is 3.71. The van der Waals surface area contributed by atoms with E-state index in [2.05, 4.69) is 4.98 Å². The number of H-pyrrole nitrogens is 1. The molecule has 0 spiro atoms. The third-order valence-corrected chi connectivity index (χ3v) is 4.83. The first-order valence-corrected chi connectivity index (χ1v) is 8.97. The van der Waals surface area contributed by atoms with Crippen LogP contribution >= 0.6 is 0 Å². The lowest BCUT2D eigenvalue weighted by atomic mass is 10.1. The number of benzene rings is 1. The normalized spacial score (nSPS) is 12.3. The number of fused-ring (bicyclic) bond motifs is 1. The molecule has 0 aliphatic heterocycles. The third-order valence-electron chi connectivity index (χ3n) is 4.83.